The molecule has 0 radical (unpaired) electrons. The molecule has 0 saturated heterocycles. The van der Waals surface area contributed by atoms with E-state index >= 15 is 0 Å². The number of rotatable bonds is 16. The molecule has 0 spiro atoms. The Kier molecular flexibility index (Phi) is 25.0. The molecule has 0 atom stereocenters. The van der Waals surface area contributed by atoms with Gasteiger partial charge >= 0.3 is 0 Å². The molecule has 0 heterocycles. The summed E-state index contributed by atoms with van der Waals surface area (Å²) in [6, 6.07) is 0. The van der Waals surface area contributed by atoms with Crippen molar-refractivity contribution in [2.45, 2.75) is 110 Å². The fourth-order valence-corrected chi connectivity index (χ4v) is 2.69. The van der Waals surface area contributed by atoms with Crippen LogP contribution in [-0.2, 0) is 19.5 Å². The molecule has 0 aliphatic rings. The van der Waals surface area contributed by atoms with Crippen molar-refractivity contribution in [2.24, 2.45) is 5.73 Å². The summed E-state index contributed by atoms with van der Waals surface area (Å²) in [5, 5.41) is 0. The van der Waals surface area contributed by atoms with E-state index in [1.165, 1.54) is 103 Å². The maximum atomic E-state index is 5.48. The number of nitrogens with two attached hydrogens (primary N) is 1. The Hall–Kier alpha value is 0.583. The quantitative estimate of drug-likeness (QED) is 0.264. The second-order valence-corrected chi connectivity index (χ2v) is 6.09. The van der Waals surface area contributed by atoms with Gasteiger partial charge < -0.3 is 5.73 Å². The van der Waals surface area contributed by atoms with Gasteiger partial charge in [-0.15, -0.1) is 0 Å². The zero-order chi connectivity index (χ0) is 14.0. The van der Waals surface area contributed by atoms with Gasteiger partial charge in [0, 0.05) is 19.5 Å². The molecule has 20 heavy (non-hydrogen) atoms. The molecule has 0 rings (SSSR count). The Morgan fingerprint density at radius 1 is 0.450 bits per heavy atom. The van der Waals surface area contributed by atoms with Crippen molar-refractivity contribution < 1.29 is 19.5 Å². The zero-order valence-corrected chi connectivity index (χ0v) is 17.3. The third kappa shape index (κ3) is 20.9. The standard InChI is InChI=1S/C18H39N.Zn/c1-2-3-4-5-6-7-8-9-10-11-12-13-14-15-16-17-18-19;/h2-19H2,1H3;. The van der Waals surface area contributed by atoms with Crippen LogP contribution in [0.3, 0.4) is 0 Å². The van der Waals surface area contributed by atoms with Gasteiger partial charge in [0.15, 0.2) is 0 Å². The van der Waals surface area contributed by atoms with Crippen molar-refractivity contribution >= 4 is 0 Å². The zero-order valence-electron chi connectivity index (χ0n) is 14.3. The second kappa shape index (κ2) is 21.9. The Morgan fingerprint density at radius 3 is 0.950 bits per heavy atom. The van der Waals surface area contributed by atoms with Crippen LogP contribution in [0.25, 0.3) is 0 Å². The Morgan fingerprint density at radius 2 is 0.700 bits per heavy atom. The van der Waals surface area contributed by atoms with E-state index in [1.807, 2.05) is 0 Å². The van der Waals surface area contributed by atoms with E-state index in [4.69, 9.17) is 5.73 Å². The number of hydrogen-bond acceptors (Lipinski definition) is 1. The van der Waals surface area contributed by atoms with E-state index in [2.05, 4.69) is 6.92 Å². The first-order chi connectivity index (χ1) is 9.41. The van der Waals surface area contributed by atoms with Crippen LogP contribution < -0.4 is 5.73 Å². The Labute approximate surface area is 141 Å². The van der Waals surface area contributed by atoms with Crippen LogP contribution in [0.4, 0.5) is 0 Å². The molecule has 0 aromatic heterocycles. The minimum Gasteiger partial charge on any atom is -0.330 e. The van der Waals surface area contributed by atoms with Crippen molar-refractivity contribution in [1.29, 1.82) is 0 Å². The summed E-state index contributed by atoms with van der Waals surface area (Å²) in [7, 11) is 0. The molecule has 2 heteroatoms. The summed E-state index contributed by atoms with van der Waals surface area (Å²) < 4.78 is 0. The van der Waals surface area contributed by atoms with Gasteiger partial charge in [0.1, 0.15) is 0 Å². The molecule has 1 nitrogen and oxygen atoms in total. The first-order valence-corrected chi connectivity index (χ1v) is 9.12. The van der Waals surface area contributed by atoms with Crippen LogP contribution in [-0.4, -0.2) is 6.54 Å². The summed E-state index contributed by atoms with van der Waals surface area (Å²) in [6.07, 6.45) is 22.9. The minimum atomic E-state index is 0. The van der Waals surface area contributed by atoms with E-state index < -0.39 is 0 Å². The van der Waals surface area contributed by atoms with E-state index in [0.717, 1.165) is 6.54 Å². The molecule has 0 aliphatic heterocycles. The monoisotopic (exact) mass is 333 g/mol. The topological polar surface area (TPSA) is 26.0 Å². The molecule has 0 aromatic rings. The summed E-state index contributed by atoms with van der Waals surface area (Å²) in [5.41, 5.74) is 5.48. The molecule has 0 bridgehead atoms. The molecule has 0 aliphatic carbocycles. The second-order valence-electron chi connectivity index (χ2n) is 6.09. The fourth-order valence-electron chi connectivity index (χ4n) is 2.69. The van der Waals surface area contributed by atoms with E-state index in [0.29, 0.717) is 0 Å². The van der Waals surface area contributed by atoms with E-state index in [1.54, 1.807) is 0 Å². The van der Waals surface area contributed by atoms with Gasteiger partial charge in [-0.1, -0.05) is 103 Å². The van der Waals surface area contributed by atoms with Crippen LogP contribution >= 0.6 is 0 Å². The van der Waals surface area contributed by atoms with Crippen molar-refractivity contribution in [2.75, 3.05) is 6.54 Å². The van der Waals surface area contributed by atoms with Gasteiger partial charge in [-0.25, -0.2) is 0 Å². The van der Waals surface area contributed by atoms with Crippen LogP contribution in [0.1, 0.15) is 110 Å². The maximum absolute atomic E-state index is 5.48. The average Bonchev–Trinajstić information content (AvgIpc) is 2.43. The fraction of sp³-hybridized carbons (Fsp3) is 1.00. The van der Waals surface area contributed by atoms with Crippen molar-refractivity contribution in [3.63, 3.8) is 0 Å². The largest absolute Gasteiger partial charge is 0.330 e. The van der Waals surface area contributed by atoms with Crippen molar-refractivity contribution in [3.8, 4) is 0 Å². The normalized spacial score (nSPS) is 10.5. The molecular weight excluding hydrogens is 296 g/mol. The van der Waals surface area contributed by atoms with Crippen LogP contribution in [0.5, 0.6) is 0 Å². The molecule has 0 unspecified atom stereocenters. The van der Waals surface area contributed by atoms with Crippen LogP contribution in [0.15, 0.2) is 0 Å². The SMILES string of the molecule is CCCCCCCCCCCCCCCCCCN.[Zn]. The van der Waals surface area contributed by atoms with Gasteiger partial charge in [0.05, 0.1) is 0 Å². The summed E-state index contributed by atoms with van der Waals surface area (Å²) in [5.74, 6) is 0. The van der Waals surface area contributed by atoms with Gasteiger partial charge in [0.2, 0.25) is 0 Å². The molecule has 118 valence electrons. The molecule has 2 N–H and O–H groups in total. The van der Waals surface area contributed by atoms with E-state index in [-0.39, 0.29) is 19.5 Å². The van der Waals surface area contributed by atoms with Crippen LogP contribution in [0, 0.1) is 0 Å². The summed E-state index contributed by atoms with van der Waals surface area (Å²) in [4.78, 5) is 0. The van der Waals surface area contributed by atoms with Gasteiger partial charge in [0.25, 0.3) is 0 Å². The molecule has 0 saturated carbocycles. The first-order valence-electron chi connectivity index (χ1n) is 9.12. The molecular formula is C18H39NZn. The number of unbranched alkanes of at least 4 members (excludes halogenated alkanes) is 15. The smallest absolute Gasteiger partial charge is 0 e. The average molecular weight is 335 g/mol. The molecule has 0 fully saturated rings. The maximum Gasteiger partial charge on any atom is 0 e. The number of hydrogen-bond donors (Lipinski definition) is 1. The van der Waals surface area contributed by atoms with Gasteiger partial charge in [-0.2, -0.15) is 0 Å². The summed E-state index contributed by atoms with van der Waals surface area (Å²) >= 11 is 0. The van der Waals surface area contributed by atoms with Crippen molar-refractivity contribution in [1.82, 2.24) is 0 Å². The first kappa shape index (κ1) is 22.9. The van der Waals surface area contributed by atoms with Crippen LogP contribution in [0.2, 0.25) is 0 Å². The Bertz CT molecular complexity index is 134. The summed E-state index contributed by atoms with van der Waals surface area (Å²) in [6.45, 7) is 3.16. The van der Waals surface area contributed by atoms with Gasteiger partial charge in [-0.3, -0.25) is 0 Å². The van der Waals surface area contributed by atoms with Gasteiger partial charge in [-0.05, 0) is 13.0 Å². The third-order valence-corrected chi connectivity index (χ3v) is 4.06. The Balaban J connectivity index is 0. The predicted molar refractivity (Wildman–Crippen MR) is 88.6 cm³/mol. The molecule has 0 amide bonds. The van der Waals surface area contributed by atoms with Crippen molar-refractivity contribution in [3.05, 3.63) is 0 Å². The van der Waals surface area contributed by atoms with E-state index in [9.17, 15) is 0 Å². The predicted octanol–water partition coefficient (Wildman–Crippen LogP) is 6.20. The minimum absolute atomic E-state index is 0. The molecule has 0 aromatic carbocycles. The third-order valence-electron chi connectivity index (χ3n) is 4.06.